The SMILES string of the molecule is O=C(NCCCN1CCOCCOCCNCCOCCOCC1)OCc1ccccc1. The Morgan fingerprint density at radius 2 is 1.47 bits per heavy atom. The van der Waals surface area contributed by atoms with E-state index in [9.17, 15) is 4.79 Å². The van der Waals surface area contributed by atoms with Crippen molar-refractivity contribution in [2.75, 3.05) is 92.1 Å². The molecule has 0 atom stereocenters. The maximum Gasteiger partial charge on any atom is 0.407 e. The van der Waals surface area contributed by atoms with Crippen LogP contribution in [0.3, 0.4) is 0 Å². The Balaban J connectivity index is 1.60. The zero-order valence-electron chi connectivity index (χ0n) is 19.1. The van der Waals surface area contributed by atoms with Crippen molar-refractivity contribution in [3.05, 3.63) is 35.9 Å². The number of amides is 1. The smallest absolute Gasteiger partial charge is 0.407 e. The van der Waals surface area contributed by atoms with E-state index in [2.05, 4.69) is 15.5 Å². The molecule has 0 spiro atoms. The van der Waals surface area contributed by atoms with Gasteiger partial charge in [0.05, 0.1) is 52.9 Å². The van der Waals surface area contributed by atoms with Gasteiger partial charge in [0.1, 0.15) is 6.61 Å². The average molecular weight is 454 g/mol. The number of alkyl carbamates (subject to hydrolysis) is 1. The summed E-state index contributed by atoms with van der Waals surface area (Å²) in [6.45, 7) is 9.86. The highest BCUT2D eigenvalue weighted by Crippen LogP contribution is 2.00. The van der Waals surface area contributed by atoms with Crippen LogP contribution >= 0.6 is 0 Å². The van der Waals surface area contributed by atoms with Gasteiger partial charge in [0.15, 0.2) is 0 Å². The lowest BCUT2D eigenvalue weighted by Gasteiger charge is -2.22. The van der Waals surface area contributed by atoms with E-state index in [-0.39, 0.29) is 6.61 Å². The second kappa shape index (κ2) is 18.8. The Labute approximate surface area is 191 Å². The summed E-state index contributed by atoms with van der Waals surface area (Å²) in [6.07, 6.45) is 0.426. The van der Waals surface area contributed by atoms with E-state index < -0.39 is 6.09 Å². The van der Waals surface area contributed by atoms with Crippen LogP contribution in [0.15, 0.2) is 30.3 Å². The van der Waals surface area contributed by atoms with E-state index >= 15 is 0 Å². The van der Waals surface area contributed by atoms with Crippen molar-refractivity contribution >= 4 is 6.09 Å². The Morgan fingerprint density at radius 1 is 0.875 bits per heavy atom. The minimum absolute atomic E-state index is 0.275. The van der Waals surface area contributed by atoms with Gasteiger partial charge in [-0.2, -0.15) is 0 Å². The molecule has 9 nitrogen and oxygen atoms in total. The topological polar surface area (TPSA) is 90.5 Å². The fourth-order valence-corrected chi connectivity index (χ4v) is 3.05. The molecule has 1 aliphatic rings. The van der Waals surface area contributed by atoms with Crippen LogP contribution in [0.4, 0.5) is 4.79 Å². The zero-order chi connectivity index (χ0) is 22.5. The van der Waals surface area contributed by atoms with Gasteiger partial charge in [-0.3, -0.25) is 4.90 Å². The first-order valence-electron chi connectivity index (χ1n) is 11.5. The van der Waals surface area contributed by atoms with Crippen molar-refractivity contribution in [2.45, 2.75) is 13.0 Å². The predicted molar refractivity (Wildman–Crippen MR) is 122 cm³/mol. The summed E-state index contributed by atoms with van der Waals surface area (Å²) in [7, 11) is 0. The van der Waals surface area contributed by atoms with Crippen LogP contribution in [0.25, 0.3) is 0 Å². The van der Waals surface area contributed by atoms with Crippen LogP contribution in [0.1, 0.15) is 12.0 Å². The van der Waals surface area contributed by atoms with Crippen LogP contribution in [-0.2, 0) is 30.3 Å². The molecule has 2 N–H and O–H groups in total. The fraction of sp³-hybridized carbons (Fsp3) is 0.696. The van der Waals surface area contributed by atoms with Crippen molar-refractivity contribution in [2.24, 2.45) is 0 Å². The normalized spacial score (nSPS) is 18.9. The molecule has 1 fully saturated rings. The lowest BCUT2D eigenvalue weighted by molar-refractivity contribution is 0.0205. The summed E-state index contributed by atoms with van der Waals surface area (Å²) in [5.74, 6) is 0. The summed E-state index contributed by atoms with van der Waals surface area (Å²) in [4.78, 5) is 14.2. The van der Waals surface area contributed by atoms with Gasteiger partial charge in [-0.25, -0.2) is 4.79 Å². The van der Waals surface area contributed by atoms with Gasteiger partial charge in [0.25, 0.3) is 0 Å². The Bertz CT molecular complexity index is 560. The summed E-state index contributed by atoms with van der Waals surface area (Å²) >= 11 is 0. The highest BCUT2D eigenvalue weighted by Gasteiger charge is 2.07. The average Bonchev–Trinajstić information content (AvgIpc) is 2.82. The molecule has 9 heteroatoms. The van der Waals surface area contributed by atoms with E-state index in [1.807, 2.05) is 30.3 Å². The van der Waals surface area contributed by atoms with E-state index in [1.165, 1.54) is 0 Å². The number of nitrogens with zero attached hydrogens (tertiary/aromatic N) is 1. The van der Waals surface area contributed by atoms with Crippen molar-refractivity contribution in [1.29, 1.82) is 0 Å². The zero-order valence-corrected chi connectivity index (χ0v) is 19.1. The molecule has 0 saturated carbocycles. The predicted octanol–water partition coefficient (Wildman–Crippen LogP) is 1.27. The van der Waals surface area contributed by atoms with Gasteiger partial charge in [0, 0.05) is 32.7 Å². The highest BCUT2D eigenvalue weighted by molar-refractivity contribution is 5.67. The fourth-order valence-electron chi connectivity index (χ4n) is 3.05. The summed E-state index contributed by atoms with van der Waals surface area (Å²) in [6, 6.07) is 9.64. The first kappa shape index (κ1) is 26.5. The maximum absolute atomic E-state index is 11.9. The third-order valence-corrected chi connectivity index (χ3v) is 4.83. The summed E-state index contributed by atoms with van der Waals surface area (Å²) in [5.41, 5.74) is 0.971. The molecular weight excluding hydrogens is 414 g/mol. The third-order valence-electron chi connectivity index (χ3n) is 4.83. The second-order valence-electron chi connectivity index (χ2n) is 7.38. The van der Waals surface area contributed by atoms with E-state index in [0.717, 1.165) is 44.7 Å². The third kappa shape index (κ3) is 14.3. The molecule has 182 valence electrons. The van der Waals surface area contributed by atoms with Gasteiger partial charge >= 0.3 is 6.09 Å². The van der Waals surface area contributed by atoms with E-state index in [0.29, 0.717) is 59.4 Å². The standard InChI is InChI=1S/C23H39N3O6/c27-23(32-21-22-5-2-1-3-6-22)25-7-4-10-26-11-15-30-19-17-28-13-8-24-9-14-29-18-20-31-16-12-26/h1-3,5-6,24H,4,7-21H2,(H,25,27). The molecule has 2 rings (SSSR count). The van der Waals surface area contributed by atoms with Crippen LogP contribution in [0.2, 0.25) is 0 Å². The van der Waals surface area contributed by atoms with E-state index in [4.69, 9.17) is 23.7 Å². The lowest BCUT2D eigenvalue weighted by Crippen LogP contribution is -2.35. The number of carbonyl (C=O) groups is 1. The van der Waals surface area contributed by atoms with Crippen LogP contribution in [0, 0.1) is 0 Å². The largest absolute Gasteiger partial charge is 0.445 e. The molecule has 0 bridgehead atoms. The molecule has 1 aromatic rings. The number of benzene rings is 1. The van der Waals surface area contributed by atoms with E-state index in [1.54, 1.807) is 0 Å². The number of rotatable bonds is 6. The summed E-state index contributed by atoms with van der Waals surface area (Å²) in [5, 5.41) is 6.08. The van der Waals surface area contributed by atoms with Crippen molar-refractivity contribution in [1.82, 2.24) is 15.5 Å². The molecule has 0 aliphatic carbocycles. The molecule has 0 unspecified atom stereocenters. The van der Waals surface area contributed by atoms with Gasteiger partial charge in [-0.1, -0.05) is 30.3 Å². The molecule has 1 saturated heterocycles. The maximum atomic E-state index is 11.9. The van der Waals surface area contributed by atoms with Gasteiger partial charge in [-0.15, -0.1) is 0 Å². The molecule has 1 aromatic carbocycles. The quantitative estimate of drug-likeness (QED) is 0.623. The first-order valence-corrected chi connectivity index (χ1v) is 11.5. The van der Waals surface area contributed by atoms with Crippen LogP contribution in [-0.4, -0.2) is 103 Å². The minimum Gasteiger partial charge on any atom is -0.445 e. The second-order valence-corrected chi connectivity index (χ2v) is 7.38. The number of nitrogens with one attached hydrogen (secondary N) is 2. The number of hydrogen-bond donors (Lipinski definition) is 2. The van der Waals surface area contributed by atoms with Gasteiger partial charge in [0.2, 0.25) is 0 Å². The van der Waals surface area contributed by atoms with Crippen LogP contribution < -0.4 is 10.6 Å². The molecular formula is C23H39N3O6. The Morgan fingerprint density at radius 3 is 2.09 bits per heavy atom. The lowest BCUT2D eigenvalue weighted by atomic mass is 10.2. The minimum atomic E-state index is -0.393. The highest BCUT2D eigenvalue weighted by atomic mass is 16.5. The van der Waals surface area contributed by atoms with Crippen molar-refractivity contribution in [3.63, 3.8) is 0 Å². The first-order chi connectivity index (χ1) is 15.8. The molecule has 32 heavy (non-hydrogen) atoms. The molecule has 1 amide bonds. The Hall–Kier alpha value is -1.75. The summed E-state index contributed by atoms with van der Waals surface area (Å²) < 4.78 is 27.7. The van der Waals surface area contributed by atoms with Gasteiger partial charge < -0.3 is 34.3 Å². The molecule has 1 aliphatic heterocycles. The molecule has 0 radical (unpaired) electrons. The van der Waals surface area contributed by atoms with Crippen LogP contribution in [0.5, 0.6) is 0 Å². The number of ether oxygens (including phenoxy) is 5. The molecule has 0 aromatic heterocycles. The van der Waals surface area contributed by atoms with Crippen molar-refractivity contribution < 1.29 is 28.5 Å². The van der Waals surface area contributed by atoms with Gasteiger partial charge in [-0.05, 0) is 18.5 Å². The Kier molecular flexibility index (Phi) is 15.6. The monoisotopic (exact) mass is 453 g/mol. The number of hydrogen-bond acceptors (Lipinski definition) is 8. The van der Waals surface area contributed by atoms with Crippen molar-refractivity contribution in [3.8, 4) is 0 Å². The number of carbonyl (C=O) groups excluding carboxylic acids is 1. The molecule has 1 heterocycles.